The van der Waals surface area contributed by atoms with Crippen LogP contribution in [0.4, 0.5) is 0 Å². The fraction of sp³-hybridized carbons (Fsp3) is 0.882. The number of rotatable bonds is 2. The quantitative estimate of drug-likeness (QED) is 0.812. The predicted molar refractivity (Wildman–Crippen MR) is 88.5 cm³/mol. The van der Waals surface area contributed by atoms with Crippen LogP contribution in [0.15, 0.2) is 4.52 Å². The third-order valence-corrected chi connectivity index (χ3v) is 7.70. The zero-order valence-corrected chi connectivity index (χ0v) is 15.4. The van der Waals surface area contributed by atoms with Crippen LogP contribution in [0.3, 0.4) is 0 Å². The number of sulfone groups is 1. The Morgan fingerprint density at radius 1 is 1.21 bits per heavy atom. The van der Waals surface area contributed by atoms with Crippen LogP contribution in [0.1, 0.15) is 70.0 Å². The molecule has 24 heavy (non-hydrogen) atoms. The van der Waals surface area contributed by atoms with Crippen molar-refractivity contribution in [1.29, 1.82) is 0 Å². The third-order valence-electron chi connectivity index (χ3n) is 6.04. The van der Waals surface area contributed by atoms with Crippen molar-refractivity contribution in [3.05, 3.63) is 11.7 Å². The van der Waals surface area contributed by atoms with E-state index in [9.17, 15) is 8.42 Å². The summed E-state index contributed by atoms with van der Waals surface area (Å²) >= 11 is 0. The summed E-state index contributed by atoms with van der Waals surface area (Å²) in [6.07, 6.45) is 3.48. The molecule has 1 spiro atoms. The lowest BCUT2D eigenvalue weighted by atomic mass is 9.81. The highest BCUT2D eigenvalue weighted by atomic mass is 32.2. The average Bonchev–Trinajstić information content (AvgIpc) is 2.91. The molecule has 134 valence electrons. The Morgan fingerprint density at radius 2 is 1.92 bits per heavy atom. The predicted octanol–water partition coefficient (Wildman–Crippen LogP) is 2.67. The van der Waals surface area contributed by atoms with Crippen LogP contribution in [0.5, 0.6) is 0 Å². The van der Waals surface area contributed by atoms with Crippen LogP contribution in [0, 0.1) is 10.8 Å². The van der Waals surface area contributed by atoms with Crippen molar-refractivity contribution in [3.63, 3.8) is 0 Å². The van der Waals surface area contributed by atoms with Crippen molar-refractivity contribution in [1.82, 2.24) is 10.1 Å². The number of hydrogen-bond acceptors (Lipinski definition) is 6. The minimum absolute atomic E-state index is 0.0422. The van der Waals surface area contributed by atoms with Gasteiger partial charge in [-0.25, -0.2) is 8.42 Å². The molecule has 2 saturated heterocycles. The smallest absolute Gasteiger partial charge is 0.230 e. The maximum Gasteiger partial charge on any atom is 0.230 e. The Morgan fingerprint density at radius 3 is 2.58 bits per heavy atom. The van der Waals surface area contributed by atoms with Gasteiger partial charge in [0.15, 0.2) is 5.82 Å². The monoisotopic (exact) mass is 354 g/mol. The van der Waals surface area contributed by atoms with E-state index in [0.29, 0.717) is 17.4 Å². The van der Waals surface area contributed by atoms with Crippen molar-refractivity contribution in [2.45, 2.75) is 64.4 Å². The molecule has 1 unspecified atom stereocenters. The molecule has 4 rings (SSSR count). The molecule has 3 aliphatic rings. The molecule has 2 aliphatic heterocycles. The van der Waals surface area contributed by atoms with Gasteiger partial charge < -0.3 is 9.26 Å². The normalized spacial score (nSPS) is 34.5. The molecule has 3 heterocycles. The van der Waals surface area contributed by atoms with Crippen molar-refractivity contribution in [2.24, 2.45) is 10.8 Å². The minimum atomic E-state index is -2.83. The lowest BCUT2D eigenvalue weighted by Gasteiger charge is -2.29. The molecule has 3 atom stereocenters. The van der Waals surface area contributed by atoms with E-state index >= 15 is 0 Å². The van der Waals surface area contributed by atoms with Gasteiger partial charge in [0.05, 0.1) is 23.5 Å². The van der Waals surface area contributed by atoms with E-state index in [1.807, 2.05) is 0 Å². The molecular weight excluding hydrogens is 328 g/mol. The van der Waals surface area contributed by atoms with Crippen LogP contribution in [-0.4, -0.2) is 42.8 Å². The first-order valence-corrected chi connectivity index (χ1v) is 10.7. The summed E-state index contributed by atoms with van der Waals surface area (Å²) in [5, 5.41) is 4.25. The van der Waals surface area contributed by atoms with Crippen molar-refractivity contribution >= 4 is 9.84 Å². The molecule has 0 N–H and O–H groups in total. The first-order valence-electron chi connectivity index (χ1n) is 8.86. The third kappa shape index (κ3) is 2.79. The first kappa shape index (κ1) is 16.5. The summed E-state index contributed by atoms with van der Waals surface area (Å²) < 4.78 is 34.8. The number of nitrogens with zero attached hydrogens (tertiary/aromatic N) is 2. The average molecular weight is 354 g/mol. The second-order valence-electron chi connectivity index (χ2n) is 8.81. The zero-order valence-electron chi connectivity index (χ0n) is 14.6. The van der Waals surface area contributed by atoms with Gasteiger partial charge in [-0.2, -0.15) is 4.98 Å². The van der Waals surface area contributed by atoms with Gasteiger partial charge >= 0.3 is 0 Å². The zero-order chi connectivity index (χ0) is 17.2. The molecular formula is C17H26N2O4S. The number of ether oxygens (including phenoxy) is 1. The lowest BCUT2D eigenvalue weighted by Crippen LogP contribution is -2.30. The van der Waals surface area contributed by atoms with Crippen LogP contribution in [0.2, 0.25) is 0 Å². The molecule has 0 radical (unpaired) electrons. The first-order chi connectivity index (χ1) is 11.2. The van der Waals surface area contributed by atoms with Crippen molar-refractivity contribution in [2.75, 3.05) is 18.1 Å². The summed E-state index contributed by atoms with van der Waals surface area (Å²) in [6.45, 7) is 7.27. The Balaban J connectivity index is 1.49. The molecule has 1 aliphatic carbocycles. The summed E-state index contributed by atoms with van der Waals surface area (Å²) in [5.41, 5.74) is 0.130. The van der Waals surface area contributed by atoms with E-state index < -0.39 is 9.84 Å². The maximum atomic E-state index is 11.7. The molecule has 0 bridgehead atoms. The van der Waals surface area contributed by atoms with Crippen LogP contribution >= 0.6 is 0 Å². The molecule has 7 heteroatoms. The highest BCUT2D eigenvalue weighted by Crippen LogP contribution is 2.64. The topological polar surface area (TPSA) is 82.3 Å². The number of hydrogen-bond donors (Lipinski definition) is 0. The minimum Gasteiger partial charge on any atom is -0.377 e. The highest BCUT2D eigenvalue weighted by molar-refractivity contribution is 7.91. The van der Waals surface area contributed by atoms with E-state index in [0.717, 1.165) is 38.1 Å². The maximum absolute atomic E-state index is 11.7. The summed E-state index contributed by atoms with van der Waals surface area (Å²) in [6, 6.07) is 0. The van der Waals surface area contributed by atoms with Gasteiger partial charge in [0.1, 0.15) is 9.84 Å². The highest BCUT2D eigenvalue weighted by Gasteiger charge is 2.59. The van der Waals surface area contributed by atoms with Crippen molar-refractivity contribution in [3.8, 4) is 0 Å². The van der Waals surface area contributed by atoms with Gasteiger partial charge in [-0.05, 0) is 36.5 Å². The Labute approximate surface area is 143 Å². The fourth-order valence-corrected chi connectivity index (χ4v) is 6.08. The fourth-order valence-electron chi connectivity index (χ4n) is 4.44. The van der Waals surface area contributed by atoms with E-state index in [2.05, 4.69) is 25.9 Å². The van der Waals surface area contributed by atoms with Gasteiger partial charge in [0, 0.05) is 12.5 Å². The van der Waals surface area contributed by atoms with E-state index in [1.54, 1.807) is 0 Å². The second kappa shape index (κ2) is 5.27. The molecule has 0 amide bonds. The van der Waals surface area contributed by atoms with Gasteiger partial charge in [0.2, 0.25) is 5.89 Å². The van der Waals surface area contributed by atoms with E-state index in [1.165, 1.54) is 0 Å². The van der Waals surface area contributed by atoms with Gasteiger partial charge in [0.25, 0.3) is 0 Å². The molecule has 3 fully saturated rings. The molecule has 1 saturated carbocycles. The Kier molecular flexibility index (Phi) is 3.63. The summed E-state index contributed by atoms with van der Waals surface area (Å²) in [5.74, 6) is 2.48. The number of aromatic nitrogens is 2. The molecule has 6 nitrogen and oxygen atoms in total. The van der Waals surface area contributed by atoms with Gasteiger partial charge in [-0.1, -0.05) is 25.9 Å². The largest absolute Gasteiger partial charge is 0.377 e. The summed E-state index contributed by atoms with van der Waals surface area (Å²) in [7, 11) is -2.83. The Bertz CT molecular complexity index is 720. The van der Waals surface area contributed by atoms with Crippen LogP contribution in [-0.2, 0) is 14.6 Å². The van der Waals surface area contributed by atoms with Crippen molar-refractivity contribution < 1.29 is 17.7 Å². The van der Waals surface area contributed by atoms with E-state index in [-0.39, 0.29) is 28.8 Å². The van der Waals surface area contributed by atoms with Crippen LogP contribution < -0.4 is 0 Å². The van der Waals surface area contributed by atoms with E-state index in [4.69, 9.17) is 14.2 Å². The summed E-state index contributed by atoms with van der Waals surface area (Å²) in [4.78, 5) is 4.70. The second-order valence-corrected chi connectivity index (χ2v) is 11.1. The van der Waals surface area contributed by atoms with Gasteiger partial charge in [-0.15, -0.1) is 0 Å². The standard InChI is InChI=1S/C17H26N2O4S/c1-16(2,3)13-11(4-7-22-13)14-18-15(23-19-14)12-10-17(12)5-8-24(20,21)9-6-17/h11-13H,4-10H2,1-3H3/t11-,12?,13-/m1/s1. The van der Waals surface area contributed by atoms with Gasteiger partial charge in [-0.3, -0.25) is 0 Å². The molecule has 1 aromatic heterocycles. The molecule has 1 aromatic rings. The lowest BCUT2D eigenvalue weighted by molar-refractivity contribution is 0.0193. The Hall–Kier alpha value is -0.950. The molecule has 0 aromatic carbocycles. The van der Waals surface area contributed by atoms with Crippen LogP contribution in [0.25, 0.3) is 0 Å². The SMILES string of the molecule is CC(C)(C)[C@@H]1OCC[C@H]1c1noc(C2CC23CCS(=O)(=O)CC3)n1.